The molecule has 6 heteroatoms. The van der Waals surface area contributed by atoms with E-state index in [-0.39, 0.29) is 11.3 Å². The van der Waals surface area contributed by atoms with Gasteiger partial charge in [0, 0.05) is 12.5 Å². The standard InChI is InChI=1S/C17H21ClN4O/c1-17(8-3-9-17)10-14(23)21-16-19-12-6-7-13(18)20-15(12)22(16)11-4-2-5-11/h6-7,11H,2-5,8-10H2,1H3,(H,19,21,23). The van der Waals surface area contributed by atoms with Crippen LogP contribution in [0.15, 0.2) is 12.1 Å². The molecule has 23 heavy (non-hydrogen) atoms. The Balaban J connectivity index is 1.64. The fourth-order valence-electron chi connectivity index (χ4n) is 3.54. The summed E-state index contributed by atoms with van der Waals surface area (Å²) in [7, 11) is 0. The fraction of sp³-hybridized carbons (Fsp3) is 0.588. The number of hydrogen-bond acceptors (Lipinski definition) is 3. The summed E-state index contributed by atoms with van der Waals surface area (Å²) >= 11 is 6.05. The number of imidazole rings is 1. The summed E-state index contributed by atoms with van der Waals surface area (Å²) in [5, 5.41) is 3.48. The van der Waals surface area contributed by atoms with E-state index in [0.717, 1.165) is 36.8 Å². The van der Waals surface area contributed by atoms with E-state index in [1.165, 1.54) is 12.8 Å². The Morgan fingerprint density at radius 3 is 2.74 bits per heavy atom. The molecule has 0 aromatic carbocycles. The van der Waals surface area contributed by atoms with Gasteiger partial charge in [-0.2, -0.15) is 0 Å². The summed E-state index contributed by atoms with van der Waals surface area (Å²) in [6.45, 7) is 2.19. The van der Waals surface area contributed by atoms with Crippen LogP contribution in [0.1, 0.15) is 57.9 Å². The topological polar surface area (TPSA) is 59.8 Å². The molecule has 2 aromatic rings. The molecule has 0 radical (unpaired) electrons. The second kappa shape index (κ2) is 5.48. The van der Waals surface area contributed by atoms with Crippen LogP contribution in [-0.2, 0) is 4.79 Å². The van der Waals surface area contributed by atoms with Crippen molar-refractivity contribution in [1.29, 1.82) is 0 Å². The summed E-state index contributed by atoms with van der Waals surface area (Å²) in [5.41, 5.74) is 1.72. The molecule has 5 nitrogen and oxygen atoms in total. The van der Waals surface area contributed by atoms with Crippen molar-refractivity contribution in [3.63, 3.8) is 0 Å². The minimum atomic E-state index is 0.0502. The molecular weight excluding hydrogens is 312 g/mol. The number of rotatable bonds is 4. The zero-order valence-electron chi connectivity index (χ0n) is 13.3. The van der Waals surface area contributed by atoms with E-state index in [0.29, 0.717) is 23.6 Å². The van der Waals surface area contributed by atoms with Gasteiger partial charge in [0.2, 0.25) is 11.9 Å². The zero-order valence-corrected chi connectivity index (χ0v) is 14.1. The van der Waals surface area contributed by atoms with Crippen LogP contribution < -0.4 is 5.32 Å². The predicted octanol–water partition coefficient (Wildman–Crippen LogP) is 4.33. The number of pyridine rings is 1. The fourth-order valence-corrected chi connectivity index (χ4v) is 3.69. The molecule has 2 aromatic heterocycles. The lowest BCUT2D eigenvalue weighted by atomic mass is 9.68. The first-order valence-electron chi connectivity index (χ1n) is 8.38. The first-order chi connectivity index (χ1) is 11.0. The molecule has 2 heterocycles. The Bertz CT molecular complexity index is 761. The van der Waals surface area contributed by atoms with Crippen molar-refractivity contribution in [1.82, 2.24) is 14.5 Å². The smallest absolute Gasteiger partial charge is 0.227 e. The molecule has 2 aliphatic carbocycles. The summed E-state index contributed by atoms with van der Waals surface area (Å²) in [6, 6.07) is 3.96. The third-order valence-electron chi connectivity index (χ3n) is 5.34. The molecule has 1 N–H and O–H groups in total. The second-order valence-electron chi connectivity index (χ2n) is 7.26. The molecule has 122 valence electrons. The minimum Gasteiger partial charge on any atom is -0.296 e. The summed E-state index contributed by atoms with van der Waals surface area (Å²) in [5.74, 6) is 0.668. The molecule has 4 rings (SSSR count). The van der Waals surface area contributed by atoms with Gasteiger partial charge >= 0.3 is 0 Å². The van der Waals surface area contributed by atoms with Crippen LogP contribution in [0, 0.1) is 5.41 Å². The molecule has 2 saturated carbocycles. The van der Waals surface area contributed by atoms with Crippen molar-refractivity contribution < 1.29 is 4.79 Å². The van der Waals surface area contributed by atoms with Crippen molar-refractivity contribution >= 4 is 34.6 Å². The monoisotopic (exact) mass is 332 g/mol. The average molecular weight is 333 g/mol. The highest BCUT2D eigenvalue weighted by atomic mass is 35.5. The number of aromatic nitrogens is 3. The number of nitrogens with zero attached hydrogens (tertiary/aromatic N) is 3. The first kappa shape index (κ1) is 14.9. The van der Waals surface area contributed by atoms with E-state index in [2.05, 4.69) is 26.8 Å². The van der Waals surface area contributed by atoms with Gasteiger partial charge in [-0.3, -0.25) is 14.7 Å². The molecule has 0 saturated heterocycles. The lowest BCUT2D eigenvalue weighted by Gasteiger charge is -2.37. The normalized spacial score (nSPS) is 20.1. The van der Waals surface area contributed by atoms with Crippen molar-refractivity contribution in [2.75, 3.05) is 5.32 Å². The Labute approximate surface area is 140 Å². The largest absolute Gasteiger partial charge is 0.296 e. The number of carbonyl (C=O) groups is 1. The van der Waals surface area contributed by atoms with E-state index < -0.39 is 0 Å². The molecule has 0 aliphatic heterocycles. The van der Waals surface area contributed by atoms with Crippen LogP contribution in [0.25, 0.3) is 11.2 Å². The van der Waals surface area contributed by atoms with E-state index in [4.69, 9.17) is 11.6 Å². The number of amides is 1. The third kappa shape index (κ3) is 2.71. The molecule has 1 amide bonds. The molecule has 0 spiro atoms. The molecule has 2 aliphatic rings. The van der Waals surface area contributed by atoms with E-state index in [1.54, 1.807) is 6.07 Å². The summed E-state index contributed by atoms with van der Waals surface area (Å²) in [6.07, 6.45) is 7.46. The predicted molar refractivity (Wildman–Crippen MR) is 90.6 cm³/mol. The van der Waals surface area contributed by atoms with Gasteiger partial charge in [0.1, 0.15) is 10.7 Å². The highest BCUT2D eigenvalue weighted by Crippen LogP contribution is 2.43. The SMILES string of the molecule is CC1(CC(=O)Nc2nc3ccc(Cl)nc3n2C2CCC2)CCC1. The number of halogens is 1. The minimum absolute atomic E-state index is 0.0502. The quantitative estimate of drug-likeness (QED) is 0.848. The molecular formula is C17H21ClN4O. The number of anilines is 1. The van der Waals surface area contributed by atoms with Gasteiger partial charge in [0.25, 0.3) is 0 Å². The van der Waals surface area contributed by atoms with Gasteiger partial charge in [-0.05, 0) is 49.7 Å². The van der Waals surface area contributed by atoms with Crippen LogP contribution in [0.2, 0.25) is 5.15 Å². The van der Waals surface area contributed by atoms with Gasteiger partial charge in [0.15, 0.2) is 5.65 Å². The summed E-state index contributed by atoms with van der Waals surface area (Å²) in [4.78, 5) is 21.4. The van der Waals surface area contributed by atoms with Crippen LogP contribution in [0.4, 0.5) is 5.95 Å². The second-order valence-corrected chi connectivity index (χ2v) is 7.64. The van der Waals surface area contributed by atoms with Crippen LogP contribution in [-0.4, -0.2) is 20.4 Å². The van der Waals surface area contributed by atoms with E-state index in [1.807, 2.05) is 6.07 Å². The van der Waals surface area contributed by atoms with Crippen LogP contribution in [0.3, 0.4) is 0 Å². The zero-order chi connectivity index (χ0) is 16.0. The van der Waals surface area contributed by atoms with Crippen molar-refractivity contribution in [2.24, 2.45) is 5.41 Å². The number of hydrogen-bond donors (Lipinski definition) is 1. The Hall–Kier alpha value is -1.62. The lowest BCUT2D eigenvalue weighted by molar-refractivity contribution is -0.119. The van der Waals surface area contributed by atoms with E-state index >= 15 is 0 Å². The Morgan fingerprint density at radius 2 is 2.13 bits per heavy atom. The Morgan fingerprint density at radius 1 is 1.35 bits per heavy atom. The van der Waals surface area contributed by atoms with Crippen molar-refractivity contribution in [2.45, 2.75) is 57.9 Å². The number of nitrogens with one attached hydrogen (secondary N) is 1. The maximum absolute atomic E-state index is 12.4. The van der Waals surface area contributed by atoms with Gasteiger partial charge in [0.05, 0.1) is 0 Å². The van der Waals surface area contributed by atoms with Crippen molar-refractivity contribution in [3.8, 4) is 0 Å². The highest BCUT2D eigenvalue weighted by molar-refractivity contribution is 6.29. The first-order valence-corrected chi connectivity index (χ1v) is 8.76. The Kier molecular flexibility index (Phi) is 3.56. The average Bonchev–Trinajstić information content (AvgIpc) is 2.73. The number of fused-ring (bicyclic) bond motifs is 1. The maximum Gasteiger partial charge on any atom is 0.227 e. The van der Waals surface area contributed by atoms with Crippen molar-refractivity contribution in [3.05, 3.63) is 17.3 Å². The highest BCUT2D eigenvalue weighted by Gasteiger charge is 2.34. The van der Waals surface area contributed by atoms with Gasteiger partial charge in [-0.1, -0.05) is 24.9 Å². The van der Waals surface area contributed by atoms with Crippen LogP contribution in [0.5, 0.6) is 0 Å². The summed E-state index contributed by atoms with van der Waals surface area (Å²) < 4.78 is 2.06. The van der Waals surface area contributed by atoms with Gasteiger partial charge in [-0.15, -0.1) is 0 Å². The maximum atomic E-state index is 12.4. The van der Waals surface area contributed by atoms with Gasteiger partial charge in [-0.25, -0.2) is 9.97 Å². The molecule has 2 fully saturated rings. The number of carbonyl (C=O) groups excluding carboxylic acids is 1. The van der Waals surface area contributed by atoms with Crippen LogP contribution >= 0.6 is 11.6 Å². The lowest BCUT2D eigenvalue weighted by Crippen LogP contribution is -2.32. The third-order valence-corrected chi connectivity index (χ3v) is 5.55. The molecule has 0 bridgehead atoms. The molecule has 0 unspecified atom stereocenters. The molecule has 0 atom stereocenters. The van der Waals surface area contributed by atoms with Gasteiger partial charge < -0.3 is 0 Å². The van der Waals surface area contributed by atoms with E-state index in [9.17, 15) is 4.79 Å².